The van der Waals surface area contributed by atoms with Crippen molar-refractivity contribution in [3.63, 3.8) is 0 Å². The third kappa shape index (κ3) is 3.36. The summed E-state index contributed by atoms with van der Waals surface area (Å²) in [5.74, 6) is -0.626. The predicted octanol–water partition coefficient (Wildman–Crippen LogP) is 3.87. The summed E-state index contributed by atoms with van der Waals surface area (Å²) in [4.78, 5) is 28.2. The van der Waals surface area contributed by atoms with Gasteiger partial charge in [-0.25, -0.2) is 4.39 Å². The van der Waals surface area contributed by atoms with E-state index in [2.05, 4.69) is 6.07 Å². The van der Waals surface area contributed by atoms with Crippen molar-refractivity contribution < 1.29 is 9.18 Å². The van der Waals surface area contributed by atoms with Gasteiger partial charge in [0.15, 0.2) is 0 Å². The summed E-state index contributed by atoms with van der Waals surface area (Å²) in [6.45, 7) is 2.88. The minimum atomic E-state index is -0.380. The number of benzene rings is 2. The maximum absolute atomic E-state index is 13.3. The van der Waals surface area contributed by atoms with E-state index >= 15 is 0 Å². The first-order chi connectivity index (χ1) is 13.5. The number of nitrogens with zero attached hydrogens (tertiary/aromatic N) is 2. The lowest BCUT2D eigenvalue weighted by molar-refractivity contribution is 0.0743. The van der Waals surface area contributed by atoms with Crippen LogP contribution in [0.2, 0.25) is 0 Å². The number of rotatable bonds is 2. The maximum Gasteiger partial charge on any atom is 0.268 e. The van der Waals surface area contributed by atoms with Gasteiger partial charge in [-0.15, -0.1) is 0 Å². The molecule has 1 aliphatic heterocycles. The average molecular weight is 376 g/mol. The highest BCUT2D eigenvalue weighted by Gasteiger charge is 2.24. The van der Waals surface area contributed by atoms with Crippen LogP contribution in [0.1, 0.15) is 33.5 Å². The van der Waals surface area contributed by atoms with E-state index in [1.807, 2.05) is 18.2 Å². The number of fused-ring (bicyclic) bond motifs is 1. The minimum absolute atomic E-state index is 0.172. The molecule has 1 amide bonds. The zero-order valence-electron chi connectivity index (χ0n) is 15.7. The first kappa shape index (κ1) is 18.2. The van der Waals surface area contributed by atoms with Crippen molar-refractivity contribution in [3.05, 3.63) is 99.2 Å². The summed E-state index contributed by atoms with van der Waals surface area (Å²) in [7, 11) is 0. The minimum Gasteiger partial charge on any atom is -0.334 e. The largest absolute Gasteiger partial charge is 0.334 e. The van der Waals surface area contributed by atoms with Crippen LogP contribution >= 0.6 is 0 Å². The van der Waals surface area contributed by atoms with E-state index in [1.54, 1.807) is 24.1 Å². The number of carbonyl (C=O) groups excluding carboxylic acids is 1. The molecule has 0 fully saturated rings. The monoisotopic (exact) mass is 376 g/mol. The van der Waals surface area contributed by atoms with E-state index in [0.717, 1.165) is 18.4 Å². The van der Waals surface area contributed by atoms with E-state index in [9.17, 15) is 14.0 Å². The molecule has 2 heterocycles. The Balaban J connectivity index is 1.72. The Morgan fingerprint density at radius 3 is 2.46 bits per heavy atom. The van der Waals surface area contributed by atoms with Gasteiger partial charge in [0.2, 0.25) is 0 Å². The third-order valence-electron chi connectivity index (χ3n) is 5.26. The number of carbonyl (C=O) groups is 1. The van der Waals surface area contributed by atoms with Crippen molar-refractivity contribution in [1.82, 2.24) is 9.47 Å². The van der Waals surface area contributed by atoms with Crippen LogP contribution in [0.4, 0.5) is 4.39 Å². The topological polar surface area (TPSA) is 42.3 Å². The number of halogens is 1. The van der Waals surface area contributed by atoms with Crippen LogP contribution < -0.4 is 5.56 Å². The maximum atomic E-state index is 13.3. The van der Waals surface area contributed by atoms with Crippen molar-refractivity contribution in [2.75, 3.05) is 6.54 Å². The lowest BCUT2D eigenvalue weighted by Gasteiger charge is -2.22. The Morgan fingerprint density at radius 1 is 1.00 bits per heavy atom. The molecule has 0 saturated heterocycles. The Hall–Kier alpha value is -3.21. The van der Waals surface area contributed by atoms with Gasteiger partial charge < -0.3 is 4.90 Å². The molecule has 142 valence electrons. The Kier molecular flexibility index (Phi) is 4.82. The van der Waals surface area contributed by atoms with Gasteiger partial charge in [0.1, 0.15) is 11.4 Å². The highest BCUT2D eigenvalue weighted by molar-refractivity contribution is 5.95. The van der Waals surface area contributed by atoms with E-state index < -0.39 is 0 Å². The van der Waals surface area contributed by atoms with Gasteiger partial charge >= 0.3 is 0 Å². The highest BCUT2D eigenvalue weighted by Crippen LogP contribution is 2.20. The Labute approximate surface area is 162 Å². The fourth-order valence-electron chi connectivity index (χ4n) is 3.72. The SMILES string of the molecule is Cc1ccn(-c2ccc(F)cc2)c(=O)c1C(=O)N1CCCc2ccccc2C1. The van der Waals surface area contributed by atoms with Crippen molar-refractivity contribution >= 4 is 5.91 Å². The number of hydrogen-bond donors (Lipinski definition) is 0. The molecule has 1 aliphatic rings. The molecule has 0 atom stereocenters. The number of hydrogen-bond acceptors (Lipinski definition) is 2. The first-order valence-electron chi connectivity index (χ1n) is 9.39. The van der Waals surface area contributed by atoms with Gasteiger partial charge in [0.25, 0.3) is 11.5 Å². The van der Waals surface area contributed by atoms with Gasteiger partial charge in [-0.05, 0) is 66.8 Å². The number of pyridine rings is 1. The molecule has 4 nitrogen and oxygen atoms in total. The lowest BCUT2D eigenvalue weighted by Crippen LogP contribution is -2.37. The van der Waals surface area contributed by atoms with Crippen molar-refractivity contribution in [1.29, 1.82) is 0 Å². The molecule has 0 spiro atoms. The molecular weight excluding hydrogens is 355 g/mol. The molecular formula is C23H21FN2O2. The second-order valence-corrected chi connectivity index (χ2v) is 7.12. The van der Waals surface area contributed by atoms with Gasteiger partial charge in [0.05, 0.1) is 0 Å². The Morgan fingerprint density at radius 2 is 1.71 bits per heavy atom. The van der Waals surface area contributed by atoms with Crippen LogP contribution in [0.5, 0.6) is 0 Å². The molecule has 0 bridgehead atoms. The fraction of sp³-hybridized carbons (Fsp3) is 0.217. The first-order valence-corrected chi connectivity index (χ1v) is 9.39. The van der Waals surface area contributed by atoms with Crippen LogP contribution in [0.15, 0.2) is 65.6 Å². The van der Waals surface area contributed by atoms with E-state index in [-0.39, 0.29) is 22.8 Å². The van der Waals surface area contributed by atoms with Crippen LogP contribution in [-0.4, -0.2) is 21.9 Å². The van der Waals surface area contributed by atoms with E-state index in [0.29, 0.717) is 24.3 Å². The number of aryl methyl sites for hydroxylation is 2. The average Bonchev–Trinajstić information content (AvgIpc) is 2.91. The van der Waals surface area contributed by atoms with E-state index in [4.69, 9.17) is 0 Å². The lowest BCUT2D eigenvalue weighted by atomic mass is 10.0. The van der Waals surface area contributed by atoms with Crippen LogP contribution in [0, 0.1) is 12.7 Å². The molecule has 3 aromatic rings. The van der Waals surface area contributed by atoms with Gasteiger partial charge in [-0.3, -0.25) is 14.2 Å². The second kappa shape index (κ2) is 7.43. The van der Waals surface area contributed by atoms with Crippen LogP contribution in [-0.2, 0) is 13.0 Å². The normalized spacial score (nSPS) is 13.7. The molecule has 0 saturated carbocycles. The summed E-state index contributed by atoms with van der Waals surface area (Å²) in [5.41, 5.74) is 3.35. The van der Waals surface area contributed by atoms with Crippen LogP contribution in [0.3, 0.4) is 0 Å². The number of amides is 1. The predicted molar refractivity (Wildman–Crippen MR) is 106 cm³/mol. The Bertz CT molecular complexity index is 1090. The fourth-order valence-corrected chi connectivity index (χ4v) is 3.72. The van der Waals surface area contributed by atoms with E-state index in [1.165, 1.54) is 34.4 Å². The van der Waals surface area contributed by atoms with Crippen molar-refractivity contribution in [3.8, 4) is 5.69 Å². The second-order valence-electron chi connectivity index (χ2n) is 7.12. The summed E-state index contributed by atoms with van der Waals surface area (Å²) < 4.78 is 14.6. The molecule has 5 heteroatoms. The molecule has 4 rings (SSSR count). The molecule has 1 aromatic heterocycles. The molecule has 0 unspecified atom stereocenters. The number of aromatic nitrogens is 1. The molecule has 0 radical (unpaired) electrons. The van der Waals surface area contributed by atoms with Crippen molar-refractivity contribution in [2.24, 2.45) is 0 Å². The zero-order chi connectivity index (χ0) is 19.7. The summed E-state index contributed by atoms with van der Waals surface area (Å²) >= 11 is 0. The molecule has 28 heavy (non-hydrogen) atoms. The summed E-state index contributed by atoms with van der Waals surface area (Å²) in [5, 5.41) is 0. The van der Waals surface area contributed by atoms with Gasteiger partial charge in [-0.1, -0.05) is 24.3 Å². The quantitative estimate of drug-likeness (QED) is 0.681. The summed E-state index contributed by atoms with van der Waals surface area (Å²) in [6, 6.07) is 15.5. The van der Waals surface area contributed by atoms with Gasteiger partial charge in [0, 0.05) is 25.0 Å². The standard InChI is InChI=1S/C23H21FN2O2/c1-16-12-14-26(20-10-8-19(24)9-11-20)23(28)21(16)22(27)25-13-4-7-17-5-2-3-6-18(17)15-25/h2-3,5-6,8-12,14H,4,7,13,15H2,1H3. The van der Waals surface area contributed by atoms with Gasteiger partial charge in [-0.2, -0.15) is 0 Å². The highest BCUT2D eigenvalue weighted by atomic mass is 19.1. The molecule has 0 aliphatic carbocycles. The molecule has 2 aromatic carbocycles. The smallest absolute Gasteiger partial charge is 0.268 e. The zero-order valence-corrected chi connectivity index (χ0v) is 15.7. The van der Waals surface area contributed by atoms with Crippen LogP contribution in [0.25, 0.3) is 5.69 Å². The van der Waals surface area contributed by atoms with Crippen molar-refractivity contribution in [2.45, 2.75) is 26.3 Å². The third-order valence-corrected chi connectivity index (χ3v) is 5.26. The molecule has 0 N–H and O–H groups in total. The summed E-state index contributed by atoms with van der Waals surface area (Å²) in [6.07, 6.45) is 3.41.